The van der Waals surface area contributed by atoms with Crippen LogP contribution in [0.3, 0.4) is 0 Å². The van der Waals surface area contributed by atoms with Crippen molar-refractivity contribution in [3.05, 3.63) is 49.6 Å². The van der Waals surface area contributed by atoms with Crippen LogP contribution in [0.25, 0.3) is 0 Å². The largest absolute Gasteiger partial charge is 0.294 e. The lowest BCUT2D eigenvalue weighted by molar-refractivity contribution is 0.0989. The highest BCUT2D eigenvalue weighted by molar-refractivity contribution is 14.1. The second-order valence-electron chi connectivity index (χ2n) is 4.39. The van der Waals surface area contributed by atoms with Crippen molar-refractivity contribution in [2.75, 3.05) is 0 Å². The Balaban J connectivity index is 2.32. The Morgan fingerprint density at radius 1 is 1.50 bits per heavy atom. The maximum Gasteiger partial charge on any atom is 0.169 e. The third-order valence-corrected chi connectivity index (χ3v) is 4.40. The first-order valence-corrected chi connectivity index (χ1v) is 7.59. The third-order valence-electron chi connectivity index (χ3n) is 3.01. The first kappa shape index (κ1) is 15.4. The monoisotopic (exact) mass is 406 g/mol. The van der Waals surface area contributed by atoms with Gasteiger partial charge in [-0.3, -0.25) is 9.48 Å². The average Bonchev–Trinajstić information content (AvgIpc) is 2.66. The summed E-state index contributed by atoms with van der Waals surface area (Å²) in [5.41, 5.74) is 1.92. The molecule has 0 aliphatic heterocycles. The van der Waals surface area contributed by atoms with Gasteiger partial charge >= 0.3 is 0 Å². The van der Waals surface area contributed by atoms with Crippen LogP contribution in [-0.2, 0) is 13.0 Å². The first-order chi connectivity index (χ1) is 9.43. The van der Waals surface area contributed by atoms with Crippen molar-refractivity contribution in [2.45, 2.75) is 26.8 Å². The number of hydrogen-bond donors (Lipinski definition) is 0. The molecular weight excluding hydrogens is 394 g/mol. The molecule has 0 N–H and O–H groups in total. The molecule has 0 unspecified atom stereocenters. The number of benzene rings is 1. The lowest BCUT2D eigenvalue weighted by atomic mass is 10.1. The maximum atomic E-state index is 13.1. The van der Waals surface area contributed by atoms with Crippen LogP contribution in [-0.4, -0.2) is 15.6 Å². The molecule has 2 aromatic rings. The van der Waals surface area contributed by atoms with Gasteiger partial charge in [0.25, 0.3) is 0 Å². The zero-order valence-electron chi connectivity index (χ0n) is 11.1. The highest BCUT2D eigenvalue weighted by Crippen LogP contribution is 2.23. The number of rotatable bonds is 4. The van der Waals surface area contributed by atoms with Crippen LogP contribution in [0.4, 0.5) is 4.39 Å². The number of hydrogen-bond acceptors (Lipinski definition) is 2. The molecule has 0 bridgehead atoms. The van der Waals surface area contributed by atoms with E-state index in [2.05, 4.69) is 5.10 Å². The molecule has 106 valence electrons. The second kappa shape index (κ2) is 6.22. The first-order valence-electron chi connectivity index (χ1n) is 6.14. The summed E-state index contributed by atoms with van der Waals surface area (Å²) < 4.78 is 15.4. The van der Waals surface area contributed by atoms with Gasteiger partial charge in [0, 0.05) is 15.7 Å². The molecule has 0 saturated heterocycles. The normalized spacial score (nSPS) is 10.8. The van der Waals surface area contributed by atoms with E-state index in [0.717, 1.165) is 0 Å². The van der Waals surface area contributed by atoms with E-state index in [4.69, 9.17) is 11.6 Å². The van der Waals surface area contributed by atoms with Crippen molar-refractivity contribution in [1.29, 1.82) is 0 Å². The smallest absolute Gasteiger partial charge is 0.169 e. The van der Waals surface area contributed by atoms with Gasteiger partial charge in [0.05, 0.1) is 22.8 Å². The van der Waals surface area contributed by atoms with E-state index in [1.165, 1.54) is 18.2 Å². The Labute approximate surface area is 135 Å². The van der Waals surface area contributed by atoms with E-state index in [1.54, 1.807) is 4.68 Å². The van der Waals surface area contributed by atoms with Gasteiger partial charge in [-0.25, -0.2) is 4.39 Å². The number of Topliss-reactive ketones (excluding diaryl/α,β-unsaturated/α-hetero) is 1. The zero-order valence-corrected chi connectivity index (χ0v) is 14.0. The lowest BCUT2D eigenvalue weighted by Gasteiger charge is -2.06. The Morgan fingerprint density at radius 2 is 2.20 bits per heavy atom. The molecule has 1 heterocycles. The molecule has 0 radical (unpaired) electrons. The SMILES string of the molecule is CCn1nc(C)c(Cl)c1CC(=O)c1ccc(F)cc1I. The van der Waals surface area contributed by atoms with E-state index >= 15 is 0 Å². The van der Waals surface area contributed by atoms with Crippen LogP contribution in [0.15, 0.2) is 18.2 Å². The van der Waals surface area contributed by atoms with E-state index in [1.807, 2.05) is 36.4 Å². The minimum Gasteiger partial charge on any atom is -0.294 e. The molecule has 2 rings (SSSR count). The van der Waals surface area contributed by atoms with Crippen molar-refractivity contribution in [2.24, 2.45) is 0 Å². The Kier molecular flexibility index (Phi) is 4.80. The van der Waals surface area contributed by atoms with Gasteiger partial charge in [-0.15, -0.1) is 0 Å². The number of aryl methyl sites for hydroxylation is 2. The fraction of sp³-hybridized carbons (Fsp3) is 0.286. The third kappa shape index (κ3) is 3.03. The molecule has 0 amide bonds. The van der Waals surface area contributed by atoms with Crippen molar-refractivity contribution in [3.8, 4) is 0 Å². The molecule has 20 heavy (non-hydrogen) atoms. The quantitative estimate of drug-likeness (QED) is 0.567. The van der Waals surface area contributed by atoms with Crippen LogP contribution >= 0.6 is 34.2 Å². The van der Waals surface area contributed by atoms with Gasteiger partial charge < -0.3 is 0 Å². The maximum absolute atomic E-state index is 13.1. The number of carbonyl (C=O) groups is 1. The lowest BCUT2D eigenvalue weighted by Crippen LogP contribution is -2.11. The number of carbonyl (C=O) groups excluding carboxylic acids is 1. The molecule has 1 aromatic carbocycles. The van der Waals surface area contributed by atoms with Crippen molar-refractivity contribution in [1.82, 2.24) is 9.78 Å². The van der Waals surface area contributed by atoms with Gasteiger partial charge in [0.2, 0.25) is 0 Å². The minimum atomic E-state index is -0.349. The van der Waals surface area contributed by atoms with Crippen molar-refractivity contribution >= 4 is 40.0 Å². The van der Waals surface area contributed by atoms with Gasteiger partial charge in [-0.2, -0.15) is 5.10 Å². The van der Waals surface area contributed by atoms with Gasteiger partial charge in [-0.1, -0.05) is 11.6 Å². The Morgan fingerprint density at radius 3 is 2.80 bits per heavy atom. The summed E-state index contributed by atoms with van der Waals surface area (Å²) in [6.45, 7) is 4.40. The number of nitrogens with zero attached hydrogens (tertiary/aromatic N) is 2. The standard InChI is InChI=1S/C14H13ClFIN2O/c1-3-19-12(14(15)8(2)18-19)7-13(20)10-5-4-9(16)6-11(10)17/h4-6H,3,7H2,1-2H3. The summed E-state index contributed by atoms with van der Waals surface area (Å²) in [6.07, 6.45) is 0.162. The van der Waals surface area contributed by atoms with Crippen LogP contribution < -0.4 is 0 Å². The predicted molar refractivity (Wildman–Crippen MR) is 84.8 cm³/mol. The van der Waals surface area contributed by atoms with Crippen molar-refractivity contribution < 1.29 is 9.18 Å². The number of ketones is 1. The van der Waals surface area contributed by atoms with Crippen LogP contribution in [0.2, 0.25) is 5.02 Å². The summed E-state index contributed by atoms with van der Waals surface area (Å²) in [4.78, 5) is 12.3. The van der Waals surface area contributed by atoms with Crippen LogP contribution in [0, 0.1) is 16.3 Å². The Bertz CT molecular complexity index is 669. The predicted octanol–water partition coefficient (Wildman–Crippen LogP) is 4.03. The fourth-order valence-corrected chi connectivity index (χ4v) is 2.98. The molecule has 0 fully saturated rings. The zero-order chi connectivity index (χ0) is 14.9. The molecular formula is C14H13ClFIN2O. The highest BCUT2D eigenvalue weighted by Gasteiger charge is 2.18. The van der Waals surface area contributed by atoms with Crippen LogP contribution in [0.5, 0.6) is 0 Å². The summed E-state index contributed by atoms with van der Waals surface area (Å²) in [7, 11) is 0. The van der Waals surface area contributed by atoms with Crippen molar-refractivity contribution in [3.63, 3.8) is 0 Å². The summed E-state index contributed by atoms with van der Waals surface area (Å²) in [5, 5.41) is 4.81. The summed E-state index contributed by atoms with van der Waals surface area (Å²) in [5.74, 6) is -0.440. The topological polar surface area (TPSA) is 34.9 Å². The molecule has 0 aliphatic carbocycles. The number of aromatic nitrogens is 2. The molecule has 0 spiro atoms. The molecule has 0 atom stereocenters. The van der Waals surface area contributed by atoms with E-state index in [0.29, 0.717) is 32.1 Å². The summed E-state index contributed by atoms with van der Waals surface area (Å²) in [6, 6.07) is 4.14. The minimum absolute atomic E-state index is 0.0918. The van der Waals surface area contributed by atoms with Gasteiger partial charge in [0.15, 0.2) is 5.78 Å². The summed E-state index contributed by atoms with van der Waals surface area (Å²) >= 11 is 8.15. The van der Waals surface area contributed by atoms with Crippen LogP contribution in [0.1, 0.15) is 28.7 Å². The fourth-order valence-electron chi connectivity index (χ4n) is 2.00. The Hall–Kier alpha value is -0.950. The van der Waals surface area contributed by atoms with Gasteiger partial charge in [0.1, 0.15) is 5.82 Å². The van der Waals surface area contributed by atoms with Gasteiger partial charge in [-0.05, 0) is 54.6 Å². The highest BCUT2D eigenvalue weighted by atomic mass is 127. The molecule has 6 heteroatoms. The number of halogens is 3. The second-order valence-corrected chi connectivity index (χ2v) is 5.93. The molecule has 1 aromatic heterocycles. The van der Waals surface area contributed by atoms with E-state index < -0.39 is 0 Å². The van der Waals surface area contributed by atoms with E-state index in [-0.39, 0.29) is 18.0 Å². The molecule has 0 saturated carbocycles. The molecule has 3 nitrogen and oxygen atoms in total. The molecule has 0 aliphatic rings. The average molecular weight is 407 g/mol. The van der Waals surface area contributed by atoms with E-state index in [9.17, 15) is 9.18 Å².